The van der Waals surface area contributed by atoms with Crippen molar-refractivity contribution in [2.45, 2.75) is 6.04 Å². The highest BCUT2D eigenvalue weighted by Gasteiger charge is 2.34. The Morgan fingerprint density at radius 2 is 2.00 bits per heavy atom. The van der Waals surface area contributed by atoms with Gasteiger partial charge in [0.25, 0.3) is 11.5 Å². The van der Waals surface area contributed by atoms with Gasteiger partial charge in [-0.05, 0) is 12.1 Å². The standard InChI is InChI=1S/C18H17N5O3/c1-26-16-9-17(24)22(13-5-3-2-4-6-13)12-15(16)18(25)21-10-14(11-21)23-8-7-19-20-23/h2-9,12,14H,10-11H2,1H3. The molecule has 8 nitrogen and oxygen atoms in total. The first kappa shape index (κ1) is 16.1. The van der Waals surface area contributed by atoms with Crippen molar-refractivity contribution >= 4 is 5.91 Å². The van der Waals surface area contributed by atoms with Crippen LogP contribution in [-0.4, -0.2) is 50.6 Å². The molecule has 0 bridgehead atoms. The van der Waals surface area contributed by atoms with Crippen LogP contribution in [0.1, 0.15) is 16.4 Å². The third kappa shape index (κ3) is 2.75. The minimum absolute atomic E-state index is 0.118. The number of ether oxygens (including phenoxy) is 1. The number of carbonyl (C=O) groups is 1. The molecule has 1 saturated heterocycles. The van der Waals surface area contributed by atoms with Crippen LogP contribution in [0.5, 0.6) is 5.75 Å². The number of nitrogens with zero attached hydrogens (tertiary/aromatic N) is 5. The Morgan fingerprint density at radius 3 is 2.65 bits per heavy atom. The fourth-order valence-electron chi connectivity index (χ4n) is 3.01. The Labute approximate surface area is 149 Å². The maximum Gasteiger partial charge on any atom is 0.259 e. The van der Waals surface area contributed by atoms with Gasteiger partial charge in [-0.3, -0.25) is 14.2 Å². The summed E-state index contributed by atoms with van der Waals surface area (Å²) in [7, 11) is 1.45. The molecule has 0 aliphatic carbocycles. The van der Waals surface area contributed by atoms with Gasteiger partial charge in [-0.1, -0.05) is 23.4 Å². The fraction of sp³-hybridized carbons (Fsp3) is 0.222. The second kappa shape index (κ2) is 6.47. The molecule has 0 atom stereocenters. The Morgan fingerprint density at radius 1 is 1.23 bits per heavy atom. The van der Waals surface area contributed by atoms with E-state index in [1.807, 2.05) is 30.3 Å². The van der Waals surface area contributed by atoms with Crippen LogP contribution in [0.4, 0.5) is 0 Å². The fourth-order valence-corrected chi connectivity index (χ4v) is 3.01. The van der Waals surface area contributed by atoms with Gasteiger partial charge in [0.1, 0.15) is 5.75 Å². The van der Waals surface area contributed by atoms with E-state index >= 15 is 0 Å². The Balaban J connectivity index is 1.63. The van der Waals surface area contributed by atoms with Gasteiger partial charge in [0, 0.05) is 37.2 Å². The maximum absolute atomic E-state index is 12.9. The zero-order valence-corrected chi connectivity index (χ0v) is 14.1. The monoisotopic (exact) mass is 351 g/mol. The van der Waals surface area contributed by atoms with Gasteiger partial charge in [0.05, 0.1) is 24.9 Å². The highest BCUT2D eigenvalue weighted by atomic mass is 16.5. The lowest BCUT2D eigenvalue weighted by Crippen LogP contribution is -2.51. The number of carbonyl (C=O) groups excluding carboxylic acids is 1. The van der Waals surface area contributed by atoms with Crippen LogP contribution in [0.25, 0.3) is 5.69 Å². The molecule has 4 rings (SSSR count). The summed E-state index contributed by atoms with van der Waals surface area (Å²) in [6.45, 7) is 1.08. The van der Waals surface area contributed by atoms with Crippen molar-refractivity contribution in [3.63, 3.8) is 0 Å². The predicted octanol–water partition coefficient (Wildman–Crippen LogP) is 1.13. The van der Waals surface area contributed by atoms with Gasteiger partial charge in [-0.25, -0.2) is 4.68 Å². The Bertz CT molecular complexity index is 976. The molecule has 1 aliphatic heterocycles. The van der Waals surface area contributed by atoms with Crippen LogP contribution in [-0.2, 0) is 0 Å². The van der Waals surface area contributed by atoms with Crippen LogP contribution < -0.4 is 10.3 Å². The molecule has 3 heterocycles. The molecule has 0 saturated carbocycles. The quantitative estimate of drug-likeness (QED) is 0.704. The maximum atomic E-state index is 12.9. The molecule has 1 fully saturated rings. The lowest BCUT2D eigenvalue weighted by molar-refractivity contribution is 0.0494. The van der Waals surface area contributed by atoms with E-state index in [2.05, 4.69) is 10.3 Å². The van der Waals surface area contributed by atoms with Crippen molar-refractivity contribution in [3.8, 4) is 11.4 Å². The van der Waals surface area contributed by atoms with E-state index < -0.39 is 0 Å². The average molecular weight is 351 g/mol. The summed E-state index contributed by atoms with van der Waals surface area (Å²) in [5.41, 5.74) is 0.792. The number of likely N-dealkylation sites (tertiary alicyclic amines) is 1. The smallest absolute Gasteiger partial charge is 0.259 e. The van der Waals surface area contributed by atoms with Crippen LogP contribution in [0.3, 0.4) is 0 Å². The second-order valence-electron chi connectivity index (χ2n) is 6.05. The van der Waals surface area contributed by atoms with Crippen LogP contribution in [0.2, 0.25) is 0 Å². The van der Waals surface area contributed by atoms with Crippen LogP contribution >= 0.6 is 0 Å². The summed E-state index contributed by atoms with van der Waals surface area (Å²) < 4.78 is 8.46. The predicted molar refractivity (Wildman–Crippen MR) is 93.6 cm³/mol. The molecule has 1 amide bonds. The normalized spacial score (nSPS) is 14.1. The van der Waals surface area contributed by atoms with E-state index in [-0.39, 0.29) is 23.3 Å². The lowest BCUT2D eigenvalue weighted by atomic mass is 10.1. The van der Waals surface area contributed by atoms with Crippen LogP contribution in [0.15, 0.2) is 59.8 Å². The van der Waals surface area contributed by atoms with Crippen molar-refractivity contribution in [2.75, 3.05) is 20.2 Å². The SMILES string of the molecule is COc1cc(=O)n(-c2ccccc2)cc1C(=O)N1CC(n2ccnn2)C1. The molecule has 1 aromatic carbocycles. The summed E-state index contributed by atoms with van der Waals surface area (Å²) >= 11 is 0. The molecular formula is C18H17N5O3. The molecule has 0 spiro atoms. The highest BCUT2D eigenvalue weighted by molar-refractivity contribution is 5.97. The lowest BCUT2D eigenvalue weighted by Gasteiger charge is -2.39. The van der Waals surface area contributed by atoms with Crippen molar-refractivity contribution < 1.29 is 9.53 Å². The second-order valence-corrected chi connectivity index (χ2v) is 6.05. The molecular weight excluding hydrogens is 334 g/mol. The largest absolute Gasteiger partial charge is 0.496 e. The van der Waals surface area contributed by atoms with E-state index in [9.17, 15) is 9.59 Å². The van der Waals surface area contributed by atoms with Crippen molar-refractivity contribution in [1.29, 1.82) is 0 Å². The number of amides is 1. The first-order chi connectivity index (χ1) is 12.7. The van der Waals surface area contributed by atoms with E-state index in [1.54, 1.807) is 28.2 Å². The molecule has 26 heavy (non-hydrogen) atoms. The topological polar surface area (TPSA) is 82.2 Å². The van der Waals surface area contributed by atoms with Crippen molar-refractivity contribution in [2.24, 2.45) is 0 Å². The number of rotatable bonds is 4. The number of aromatic nitrogens is 4. The van der Waals surface area contributed by atoms with E-state index in [4.69, 9.17) is 4.74 Å². The zero-order valence-electron chi connectivity index (χ0n) is 14.1. The molecule has 3 aromatic rings. The molecule has 0 N–H and O–H groups in total. The van der Waals surface area contributed by atoms with Gasteiger partial charge in [0.2, 0.25) is 0 Å². The van der Waals surface area contributed by atoms with E-state index in [0.29, 0.717) is 24.3 Å². The Kier molecular flexibility index (Phi) is 4.00. The zero-order chi connectivity index (χ0) is 18.1. The first-order valence-corrected chi connectivity index (χ1v) is 8.18. The average Bonchev–Trinajstić information content (AvgIpc) is 3.15. The van der Waals surface area contributed by atoms with E-state index in [1.165, 1.54) is 17.7 Å². The minimum Gasteiger partial charge on any atom is -0.496 e. The summed E-state index contributed by atoms with van der Waals surface area (Å²) in [5.74, 6) is 0.0966. The van der Waals surface area contributed by atoms with Crippen molar-refractivity contribution in [1.82, 2.24) is 24.5 Å². The van der Waals surface area contributed by atoms with Crippen molar-refractivity contribution in [3.05, 3.63) is 70.9 Å². The van der Waals surface area contributed by atoms with E-state index in [0.717, 1.165) is 0 Å². The number of pyridine rings is 1. The summed E-state index contributed by atoms with van der Waals surface area (Å²) in [6, 6.07) is 10.6. The molecule has 0 radical (unpaired) electrons. The van der Waals surface area contributed by atoms with Crippen LogP contribution in [0, 0.1) is 0 Å². The highest BCUT2D eigenvalue weighted by Crippen LogP contribution is 2.26. The summed E-state index contributed by atoms with van der Waals surface area (Å²) in [5, 5.41) is 7.75. The third-order valence-electron chi connectivity index (χ3n) is 4.46. The molecule has 132 valence electrons. The van der Waals surface area contributed by atoms with Gasteiger partial charge in [-0.15, -0.1) is 5.10 Å². The number of benzene rings is 1. The summed E-state index contributed by atoms with van der Waals surface area (Å²) in [6.07, 6.45) is 4.94. The molecule has 8 heteroatoms. The molecule has 2 aromatic heterocycles. The summed E-state index contributed by atoms with van der Waals surface area (Å²) in [4.78, 5) is 27.0. The number of hydrogen-bond acceptors (Lipinski definition) is 5. The van der Waals surface area contributed by atoms with Gasteiger partial charge in [0.15, 0.2) is 0 Å². The molecule has 1 aliphatic rings. The molecule has 0 unspecified atom stereocenters. The Hall–Kier alpha value is -3.42. The minimum atomic E-state index is -0.256. The number of methoxy groups -OCH3 is 1. The van der Waals surface area contributed by atoms with Gasteiger partial charge < -0.3 is 9.64 Å². The van der Waals surface area contributed by atoms with Gasteiger partial charge >= 0.3 is 0 Å². The first-order valence-electron chi connectivity index (χ1n) is 8.18. The number of hydrogen-bond donors (Lipinski definition) is 0. The third-order valence-corrected chi connectivity index (χ3v) is 4.46. The van der Waals surface area contributed by atoms with Gasteiger partial charge in [-0.2, -0.15) is 0 Å². The number of para-hydroxylation sites is 1.